The molecule has 8 heteroatoms. The lowest BCUT2D eigenvalue weighted by atomic mass is 10.2. The highest BCUT2D eigenvalue weighted by Crippen LogP contribution is 2.27. The standard InChI is InChI=1S/C17H21N3O3S2/c1-2-15-6-8-17(24-15)25(22,23)20(11-13-4-3-9-18-10-13)12-14-5-7-16(21)19-14/h3-4,6,8-10,14H,2,5,7,11-12H2,1H3,(H,19,21)/t14-/m0/s1. The van der Waals surface area contributed by atoms with Crippen molar-refractivity contribution in [3.63, 3.8) is 0 Å². The normalized spacial score (nSPS) is 17.8. The van der Waals surface area contributed by atoms with Crippen LogP contribution >= 0.6 is 11.3 Å². The van der Waals surface area contributed by atoms with E-state index < -0.39 is 10.0 Å². The molecule has 134 valence electrons. The highest BCUT2D eigenvalue weighted by Gasteiger charge is 2.31. The number of pyridine rings is 1. The summed E-state index contributed by atoms with van der Waals surface area (Å²) in [6, 6.07) is 7.02. The van der Waals surface area contributed by atoms with Crippen LogP contribution in [0.25, 0.3) is 0 Å². The van der Waals surface area contributed by atoms with Gasteiger partial charge in [-0.25, -0.2) is 8.42 Å². The van der Waals surface area contributed by atoms with Crippen LogP contribution in [-0.4, -0.2) is 36.2 Å². The van der Waals surface area contributed by atoms with E-state index in [0.29, 0.717) is 17.1 Å². The van der Waals surface area contributed by atoms with Crippen LogP contribution in [0.3, 0.4) is 0 Å². The zero-order chi connectivity index (χ0) is 17.9. The summed E-state index contributed by atoms with van der Waals surface area (Å²) in [6.45, 7) is 2.51. The second-order valence-corrected chi connectivity index (χ2v) is 9.37. The number of amides is 1. The smallest absolute Gasteiger partial charge is 0.252 e. The van der Waals surface area contributed by atoms with Crippen LogP contribution in [0.2, 0.25) is 0 Å². The largest absolute Gasteiger partial charge is 0.352 e. The third-order valence-corrected chi connectivity index (χ3v) is 7.68. The maximum Gasteiger partial charge on any atom is 0.252 e. The molecule has 1 N–H and O–H groups in total. The van der Waals surface area contributed by atoms with Crippen LogP contribution in [0, 0.1) is 0 Å². The van der Waals surface area contributed by atoms with Crippen molar-refractivity contribution in [2.75, 3.05) is 6.54 Å². The number of thiophene rings is 1. The van der Waals surface area contributed by atoms with Gasteiger partial charge in [-0.15, -0.1) is 11.3 Å². The van der Waals surface area contributed by atoms with Gasteiger partial charge in [-0.2, -0.15) is 4.31 Å². The van der Waals surface area contributed by atoms with Gasteiger partial charge < -0.3 is 5.32 Å². The van der Waals surface area contributed by atoms with Crippen LogP contribution in [0.4, 0.5) is 0 Å². The molecule has 0 aromatic carbocycles. The van der Waals surface area contributed by atoms with Gasteiger partial charge in [-0.05, 0) is 36.6 Å². The van der Waals surface area contributed by atoms with Crippen LogP contribution in [0.15, 0.2) is 40.9 Å². The summed E-state index contributed by atoms with van der Waals surface area (Å²) in [5.41, 5.74) is 0.822. The third kappa shape index (κ3) is 4.26. The molecule has 3 heterocycles. The molecule has 6 nitrogen and oxygen atoms in total. The zero-order valence-electron chi connectivity index (χ0n) is 14.0. The first-order valence-electron chi connectivity index (χ1n) is 8.26. The van der Waals surface area contributed by atoms with E-state index in [0.717, 1.165) is 16.9 Å². The molecule has 2 aromatic heterocycles. The molecule has 1 aliphatic rings. The fraction of sp³-hybridized carbons (Fsp3) is 0.412. The van der Waals surface area contributed by atoms with Gasteiger partial charge in [0.1, 0.15) is 4.21 Å². The second-order valence-electron chi connectivity index (χ2n) is 6.04. The van der Waals surface area contributed by atoms with Gasteiger partial charge in [0.15, 0.2) is 0 Å². The molecule has 0 bridgehead atoms. The van der Waals surface area contributed by atoms with E-state index in [1.54, 1.807) is 24.5 Å². The second kappa shape index (κ2) is 7.63. The monoisotopic (exact) mass is 379 g/mol. The first-order chi connectivity index (χ1) is 12.0. The number of nitrogens with zero attached hydrogens (tertiary/aromatic N) is 2. The van der Waals surface area contributed by atoms with Gasteiger partial charge in [-0.1, -0.05) is 13.0 Å². The van der Waals surface area contributed by atoms with E-state index in [2.05, 4.69) is 10.3 Å². The molecule has 0 saturated carbocycles. The molecule has 1 saturated heterocycles. The van der Waals surface area contributed by atoms with Crippen molar-refractivity contribution in [3.8, 4) is 0 Å². The molecule has 0 radical (unpaired) electrons. The summed E-state index contributed by atoms with van der Waals surface area (Å²) in [7, 11) is -3.62. The van der Waals surface area contributed by atoms with Crippen molar-refractivity contribution in [2.45, 2.75) is 43.0 Å². The van der Waals surface area contributed by atoms with E-state index in [4.69, 9.17) is 0 Å². The Hall–Kier alpha value is -1.77. The fourth-order valence-electron chi connectivity index (χ4n) is 2.82. The minimum Gasteiger partial charge on any atom is -0.352 e. The average molecular weight is 380 g/mol. The van der Waals surface area contributed by atoms with Crippen molar-refractivity contribution in [1.29, 1.82) is 0 Å². The maximum absolute atomic E-state index is 13.1. The van der Waals surface area contributed by atoms with Crippen molar-refractivity contribution >= 4 is 27.3 Å². The molecular formula is C17H21N3O3S2. The van der Waals surface area contributed by atoms with Gasteiger partial charge in [0.05, 0.1) is 0 Å². The molecule has 0 aliphatic carbocycles. The number of rotatable bonds is 7. The zero-order valence-corrected chi connectivity index (χ0v) is 15.6. The summed E-state index contributed by atoms with van der Waals surface area (Å²) in [5.74, 6) is -0.0203. The SMILES string of the molecule is CCc1ccc(S(=O)(=O)N(Cc2cccnc2)C[C@@H]2CCC(=O)N2)s1. The van der Waals surface area contributed by atoms with Gasteiger partial charge >= 0.3 is 0 Å². The Morgan fingerprint density at radius 3 is 2.80 bits per heavy atom. The fourth-order valence-corrected chi connectivity index (χ4v) is 5.74. The van der Waals surface area contributed by atoms with E-state index in [1.807, 2.05) is 19.1 Å². The summed E-state index contributed by atoms with van der Waals surface area (Å²) in [4.78, 5) is 16.6. The Morgan fingerprint density at radius 1 is 1.36 bits per heavy atom. The van der Waals surface area contributed by atoms with E-state index in [9.17, 15) is 13.2 Å². The molecule has 1 aliphatic heterocycles. The number of aryl methyl sites for hydroxylation is 1. The Balaban J connectivity index is 1.87. The van der Waals surface area contributed by atoms with Gasteiger partial charge in [0, 0.05) is 42.8 Å². The number of nitrogens with one attached hydrogen (secondary N) is 1. The van der Waals surface area contributed by atoms with E-state index in [-0.39, 0.29) is 25.0 Å². The maximum atomic E-state index is 13.1. The molecule has 1 atom stereocenters. The predicted molar refractivity (Wildman–Crippen MR) is 96.7 cm³/mol. The number of hydrogen-bond donors (Lipinski definition) is 1. The topological polar surface area (TPSA) is 79.4 Å². The summed E-state index contributed by atoms with van der Waals surface area (Å²) in [5, 5.41) is 2.85. The lowest BCUT2D eigenvalue weighted by molar-refractivity contribution is -0.119. The average Bonchev–Trinajstić information content (AvgIpc) is 3.24. The number of sulfonamides is 1. The van der Waals surface area contributed by atoms with Crippen LogP contribution in [0.1, 0.15) is 30.2 Å². The molecule has 3 rings (SSSR count). The van der Waals surface area contributed by atoms with Crippen molar-refractivity contribution in [2.24, 2.45) is 0 Å². The molecule has 1 amide bonds. The van der Waals surface area contributed by atoms with Gasteiger partial charge in [0.25, 0.3) is 10.0 Å². The number of hydrogen-bond acceptors (Lipinski definition) is 5. The lowest BCUT2D eigenvalue weighted by Crippen LogP contribution is -2.41. The summed E-state index contributed by atoms with van der Waals surface area (Å²) in [6.07, 6.45) is 5.24. The Bertz CT molecular complexity index is 834. The first-order valence-corrected chi connectivity index (χ1v) is 10.5. The number of carbonyl (C=O) groups is 1. The Morgan fingerprint density at radius 2 is 2.20 bits per heavy atom. The highest BCUT2D eigenvalue weighted by atomic mass is 32.2. The van der Waals surface area contributed by atoms with Crippen LogP contribution < -0.4 is 5.32 Å². The van der Waals surface area contributed by atoms with Crippen LogP contribution in [0.5, 0.6) is 0 Å². The molecular weight excluding hydrogens is 358 g/mol. The summed E-state index contributed by atoms with van der Waals surface area (Å²) >= 11 is 1.30. The minimum absolute atomic E-state index is 0.0203. The number of carbonyl (C=O) groups excluding carboxylic acids is 1. The molecule has 25 heavy (non-hydrogen) atoms. The minimum atomic E-state index is -3.62. The van der Waals surface area contributed by atoms with E-state index >= 15 is 0 Å². The molecule has 1 fully saturated rings. The Kier molecular flexibility index (Phi) is 5.51. The number of aromatic nitrogens is 1. The molecule has 0 spiro atoms. The summed E-state index contributed by atoms with van der Waals surface area (Å²) < 4.78 is 28.1. The lowest BCUT2D eigenvalue weighted by Gasteiger charge is -2.24. The van der Waals surface area contributed by atoms with Crippen molar-refractivity contribution in [3.05, 3.63) is 47.1 Å². The Labute approximate surface area is 151 Å². The van der Waals surface area contributed by atoms with Gasteiger partial charge in [0.2, 0.25) is 5.91 Å². The molecule has 0 unspecified atom stereocenters. The first kappa shape index (κ1) is 18.0. The van der Waals surface area contributed by atoms with Crippen LogP contribution in [-0.2, 0) is 27.8 Å². The van der Waals surface area contributed by atoms with Crippen molar-refractivity contribution in [1.82, 2.24) is 14.6 Å². The van der Waals surface area contributed by atoms with E-state index in [1.165, 1.54) is 15.6 Å². The van der Waals surface area contributed by atoms with Gasteiger partial charge in [-0.3, -0.25) is 9.78 Å². The quantitative estimate of drug-likeness (QED) is 0.800. The predicted octanol–water partition coefficient (Wildman–Crippen LogP) is 2.18. The molecule has 2 aromatic rings. The third-order valence-electron chi connectivity index (χ3n) is 4.17. The van der Waals surface area contributed by atoms with Crippen molar-refractivity contribution < 1.29 is 13.2 Å². The highest BCUT2D eigenvalue weighted by molar-refractivity contribution is 7.91.